The number of rotatable bonds is 2. The van der Waals surface area contributed by atoms with E-state index in [4.69, 9.17) is 4.74 Å². The van der Waals surface area contributed by atoms with Gasteiger partial charge in [0.25, 0.3) is 0 Å². The van der Waals surface area contributed by atoms with Crippen LogP contribution in [0, 0.1) is 5.92 Å². The first-order valence-electron chi connectivity index (χ1n) is 6.78. The van der Waals surface area contributed by atoms with Gasteiger partial charge in [-0.25, -0.2) is 0 Å². The molecule has 1 nitrogen and oxygen atoms in total. The SMILES string of the molecule is CC(C)(C)c1ccc(CC2COCCC2Br)cc1. The van der Waals surface area contributed by atoms with E-state index >= 15 is 0 Å². The van der Waals surface area contributed by atoms with Crippen molar-refractivity contribution in [1.29, 1.82) is 0 Å². The highest BCUT2D eigenvalue weighted by Gasteiger charge is 2.23. The largest absolute Gasteiger partial charge is 0.381 e. The van der Waals surface area contributed by atoms with Crippen molar-refractivity contribution >= 4 is 15.9 Å². The van der Waals surface area contributed by atoms with Crippen LogP contribution in [0.3, 0.4) is 0 Å². The minimum atomic E-state index is 0.241. The van der Waals surface area contributed by atoms with Crippen LogP contribution in [-0.2, 0) is 16.6 Å². The van der Waals surface area contributed by atoms with Crippen molar-refractivity contribution in [3.8, 4) is 0 Å². The van der Waals surface area contributed by atoms with Gasteiger partial charge in [-0.05, 0) is 35.3 Å². The average Bonchev–Trinajstić information content (AvgIpc) is 2.32. The molecule has 2 atom stereocenters. The summed E-state index contributed by atoms with van der Waals surface area (Å²) in [6.07, 6.45) is 2.24. The van der Waals surface area contributed by atoms with Crippen LogP contribution in [0.25, 0.3) is 0 Å². The van der Waals surface area contributed by atoms with Gasteiger partial charge in [0.05, 0.1) is 6.61 Å². The molecule has 1 aliphatic heterocycles. The minimum Gasteiger partial charge on any atom is -0.381 e. The maximum Gasteiger partial charge on any atom is 0.0508 e. The van der Waals surface area contributed by atoms with E-state index < -0.39 is 0 Å². The van der Waals surface area contributed by atoms with E-state index in [0.717, 1.165) is 26.1 Å². The third-order valence-corrected chi connectivity index (χ3v) is 4.90. The van der Waals surface area contributed by atoms with E-state index in [-0.39, 0.29) is 5.41 Å². The lowest BCUT2D eigenvalue weighted by atomic mass is 9.85. The topological polar surface area (TPSA) is 9.23 Å². The van der Waals surface area contributed by atoms with Gasteiger partial charge in [0.15, 0.2) is 0 Å². The van der Waals surface area contributed by atoms with Gasteiger partial charge in [0, 0.05) is 11.4 Å². The molecule has 1 saturated heterocycles. The Morgan fingerprint density at radius 1 is 1.22 bits per heavy atom. The summed E-state index contributed by atoms with van der Waals surface area (Å²) in [5.74, 6) is 0.610. The van der Waals surface area contributed by atoms with Crippen LogP contribution < -0.4 is 0 Å². The standard InChI is InChI=1S/C16H23BrO/c1-16(2,3)14-6-4-12(5-7-14)10-13-11-18-9-8-15(13)17/h4-7,13,15H,8-11H2,1-3H3. The van der Waals surface area contributed by atoms with E-state index in [2.05, 4.69) is 61.0 Å². The van der Waals surface area contributed by atoms with Crippen molar-refractivity contribution in [2.24, 2.45) is 5.92 Å². The summed E-state index contributed by atoms with van der Waals surface area (Å²) in [5.41, 5.74) is 3.06. The van der Waals surface area contributed by atoms with E-state index in [1.807, 2.05) is 0 Å². The molecule has 1 aromatic carbocycles. The number of ether oxygens (including phenoxy) is 1. The van der Waals surface area contributed by atoms with Gasteiger partial charge in [0.1, 0.15) is 0 Å². The molecule has 0 aliphatic carbocycles. The molecule has 2 heteroatoms. The number of alkyl halides is 1. The van der Waals surface area contributed by atoms with Crippen LogP contribution in [0.1, 0.15) is 38.3 Å². The average molecular weight is 311 g/mol. The van der Waals surface area contributed by atoms with Crippen LogP contribution >= 0.6 is 15.9 Å². The lowest BCUT2D eigenvalue weighted by molar-refractivity contribution is 0.0605. The first-order valence-corrected chi connectivity index (χ1v) is 7.69. The Morgan fingerprint density at radius 3 is 2.44 bits per heavy atom. The van der Waals surface area contributed by atoms with Gasteiger partial charge >= 0.3 is 0 Å². The molecule has 0 spiro atoms. The number of benzene rings is 1. The zero-order valence-corrected chi connectivity index (χ0v) is 13.2. The predicted molar refractivity (Wildman–Crippen MR) is 80.5 cm³/mol. The Balaban J connectivity index is 2.02. The van der Waals surface area contributed by atoms with Crippen molar-refractivity contribution < 1.29 is 4.74 Å². The Kier molecular flexibility index (Phi) is 4.50. The van der Waals surface area contributed by atoms with Crippen molar-refractivity contribution in [1.82, 2.24) is 0 Å². The van der Waals surface area contributed by atoms with Crippen LogP contribution in [-0.4, -0.2) is 18.0 Å². The Hall–Kier alpha value is -0.340. The lowest BCUT2D eigenvalue weighted by Gasteiger charge is -2.27. The maximum atomic E-state index is 5.57. The normalized spacial score (nSPS) is 25.1. The molecular weight excluding hydrogens is 288 g/mol. The summed E-state index contributed by atoms with van der Waals surface area (Å²) in [6, 6.07) is 9.08. The highest BCUT2D eigenvalue weighted by Crippen LogP contribution is 2.27. The van der Waals surface area contributed by atoms with Gasteiger partial charge in [-0.1, -0.05) is 61.0 Å². The molecule has 1 aromatic rings. The van der Waals surface area contributed by atoms with Crippen molar-refractivity contribution in [2.45, 2.75) is 43.9 Å². The summed E-state index contributed by atoms with van der Waals surface area (Å²) >= 11 is 3.78. The first kappa shape index (κ1) is 14.1. The van der Waals surface area contributed by atoms with Crippen LogP contribution in [0.15, 0.2) is 24.3 Å². The van der Waals surface area contributed by atoms with Gasteiger partial charge in [-0.2, -0.15) is 0 Å². The monoisotopic (exact) mass is 310 g/mol. The van der Waals surface area contributed by atoms with E-state index in [1.54, 1.807) is 0 Å². The fourth-order valence-corrected chi connectivity index (χ4v) is 2.93. The summed E-state index contributed by atoms with van der Waals surface area (Å²) in [6.45, 7) is 8.55. The fraction of sp³-hybridized carbons (Fsp3) is 0.625. The Labute approximate surface area is 119 Å². The first-order chi connectivity index (χ1) is 8.47. The number of hydrogen-bond acceptors (Lipinski definition) is 1. The number of halogens is 1. The molecule has 1 aliphatic rings. The van der Waals surface area contributed by atoms with E-state index in [0.29, 0.717) is 10.7 Å². The Bertz CT molecular complexity index is 377. The van der Waals surface area contributed by atoms with Gasteiger partial charge < -0.3 is 4.74 Å². The smallest absolute Gasteiger partial charge is 0.0508 e. The molecule has 2 rings (SSSR count). The van der Waals surface area contributed by atoms with Crippen molar-refractivity contribution in [3.05, 3.63) is 35.4 Å². The minimum absolute atomic E-state index is 0.241. The van der Waals surface area contributed by atoms with Crippen LogP contribution in [0.2, 0.25) is 0 Å². The van der Waals surface area contributed by atoms with Crippen LogP contribution in [0.5, 0.6) is 0 Å². The molecule has 0 saturated carbocycles. The zero-order valence-electron chi connectivity index (χ0n) is 11.6. The van der Waals surface area contributed by atoms with Gasteiger partial charge in [-0.3, -0.25) is 0 Å². The van der Waals surface area contributed by atoms with Gasteiger partial charge in [0.2, 0.25) is 0 Å². The maximum absolute atomic E-state index is 5.57. The lowest BCUT2D eigenvalue weighted by Crippen LogP contribution is -2.29. The molecule has 100 valence electrons. The second-order valence-corrected chi connectivity index (χ2v) is 7.47. The summed E-state index contributed by atoms with van der Waals surface area (Å²) in [7, 11) is 0. The second-order valence-electron chi connectivity index (χ2n) is 6.29. The quantitative estimate of drug-likeness (QED) is 0.739. The van der Waals surface area contributed by atoms with Crippen LogP contribution in [0.4, 0.5) is 0 Å². The molecule has 0 radical (unpaired) electrons. The molecule has 1 fully saturated rings. The van der Waals surface area contributed by atoms with Crippen molar-refractivity contribution in [3.63, 3.8) is 0 Å². The molecule has 2 unspecified atom stereocenters. The van der Waals surface area contributed by atoms with Gasteiger partial charge in [-0.15, -0.1) is 0 Å². The molecule has 18 heavy (non-hydrogen) atoms. The second kappa shape index (κ2) is 5.75. The van der Waals surface area contributed by atoms with E-state index in [1.165, 1.54) is 11.1 Å². The fourth-order valence-electron chi connectivity index (χ4n) is 2.40. The predicted octanol–water partition coefficient (Wildman–Crippen LogP) is 4.33. The molecule has 1 heterocycles. The highest BCUT2D eigenvalue weighted by molar-refractivity contribution is 9.09. The molecular formula is C16H23BrO. The molecule has 0 amide bonds. The zero-order chi connectivity index (χ0) is 13.2. The summed E-state index contributed by atoms with van der Waals surface area (Å²) in [5, 5.41) is 0. The molecule has 0 bridgehead atoms. The summed E-state index contributed by atoms with van der Waals surface area (Å²) < 4.78 is 5.57. The number of hydrogen-bond donors (Lipinski definition) is 0. The Morgan fingerprint density at radius 2 is 1.89 bits per heavy atom. The highest BCUT2D eigenvalue weighted by atomic mass is 79.9. The van der Waals surface area contributed by atoms with E-state index in [9.17, 15) is 0 Å². The molecule has 0 N–H and O–H groups in total. The third kappa shape index (κ3) is 3.58. The van der Waals surface area contributed by atoms with Crippen molar-refractivity contribution in [2.75, 3.05) is 13.2 Å². The third-order valence-electron chi connectivity index (χ3n) is 3.70. The molecule has 0 aromatic heterocycles. The summed E-state index contributed by atoms with van der Waals surface area (Å²) in [4.78, 5) is 0.605.